The van der Waals surface area contributed by atoms with Crippen LogP contribution in [0.25, 0.3) is 11.3 Å². The van der Waals surface area contributed by atoms with Crippen LogP contribution in [-0.2, 0) is 10.0 Å². The summed E-state index contributed by atoms with van der Waals surface area (Å²) in [6.07, 6.45) is 0.426. The molecule has 6 bridgehead atoms. The molecule has 0 unspecified atom stereocenters. The number of ether oxygens (including phenoxy) is 1. The molecule has 3 aliphatic rings. The predicted octanol–water partition coefficient (Wildman–Crippen LogP) is 6.49. The van der Waals surface area contributed by atoms with Crippen molar-refractivity contribution >= 4 is 34.3 Å². The van der Waals surface area contributed by atoms with Gasteiger partial charge in [0.05, 0.1) is 16.6 Å². The van der Waals surface area contributed by atoms with E-state index in [1.807, 2.05) is 32.0 Å². The molecule has 1 amide bonds. The number of carbonyl (C=O) groups excluding carboxylic acids is 1. The van der Waals surface area contributed by atoms with Crippen molar-refractivity contribution in [2.24, 2.45) is 5.92 Å². The molecule has 1 N–H and O–H groups in total. The molecule has 2 atom stereocenters. The van der Waals surface area contributed by atoms with Crippen molar-refractivity contribution < 1.29 is 26.7 Å². The van der Waals surface area contributed by atoms with Crippen molar-refractivity contribution in [2.75, 3.05) is 24.4 Å². The SMILES string of the molecule is Cc1cccc(C)c1-c1cc2nc(n1)NS(=O)(=O)c1cccc(c1)C(=O)N1CCN(C3CCC(F)(F)CC3)C[C@H](O2)[C@H]1CC(C)C.Cl. The number of anilines is 1. The van der Waals surface area contributed by atoms with Gasteiger partial charge in [0.1, 0.15) is 6.10 Å². The first-order valence-electron chi connectivity index (χ1n) is 16.0. The zero-order valence-electron chi connectivity index (χ0n) is 27.1. The van der Waals surface area contributed by atoms with Gasteiger partial charge in [-0.15, -0.1) is 12.4 Å². The lowest BCUT2D eigenvalue weighted by molar-refractivity contribution is -0.0557. The number of carbonyl (C=O) groups is 1. The zero-order chi connectivity index (χ0) is 32.8. The lowest BCUT2D eigenvalue weighted by Crippen LogP contribution is -2.51. The molecule has 1 saturated carbocycles. The molecular weight excluding hydrogens is 648 g/mol. The maximum absolute atomic E-state index is 14.3. The van der Waals surface area contributed by atoms with Gasteiger partial charge in [0.15, 0.2) is 0 Å². The Morgan fingerprint density at radius 1 is 1.02 bits per heavy atom. The van der Waals surface area contributed by atoms with Gasteiger partial charge in [-0.3, -0.25) is 9.69 Å². The molecule has 2 aliphatic heterocycles. The summed E-state index contributed by atoms with van der Waals surface area (Å²) in [5.41, 5.74) is 3.48. The lowest BCUT2D eigenvalue weighted by atomic mass is 9.90. The van der Waals surface area contributed by atoms with Gasteiger partial charge < -0.3 is 9.64 Å². The van der Waals surface area contributed by atoms with Crippen molar-refractivity contribution in [1.29, 1.82) is 0 Å². The molecule has 3 heterocycles. The monoisotopic (exact) mass is 689 g/mol. The van der Waals surface area contributed by atoms with Crippen molar-refractivity contribution in [3.05, 3.63) is 65.2 Å². The van der Waals surface area contributed by atoms with Gasteiger partial charge in [-0.1, -0.05) is 38.1 Å². The third-order valence-electron chi connectivity index (χ3n) is 9.38. The van der Waals surface area contributed by atoms with Crippen molar-refractivity contribution in [1.82, 2.24) is 19.8 Å². The van der Waals surface area contributed by atoms with Gasteiger partial charge in [-0.05, 0) is 68.4 Å². The zero-order valence-corrected chi connectivity index (χ0v) is 28.7. The number of amides is 1. The third-order valence-corrected chi connectivity index (χ3v) is 10.7. The largest absolute Gasteiger partial charge is 0.471 e. The number of aryl methyl sites for hydroxylation is 2. The Hall–Kier alpha value is -3.35. The van der Waals surface area contributed by atoms with E-state index in [4.69, 9.17) is 4.74 Å². The van der Waals surface area contributed by atoms with Gasteiger partial charge in [0.2, 0.25) is 17.8 Å². The average molecular weight is 690 g/mol. The van der Waals surface area contributed by atoms with Crippen LogP contribution in [-0.4, -0.2) is 77.8 Å². The summed E-state index contributed by atoms with van der Waals surface area (Å²) in [5, 5.41) is 0. The van der Waals surface area contributed by atoms with E-state index in [9.17, 15) is 22.0 Å². The minimum atomic E-state index is -4.17. The van der Waals surface area contributed by atoms with E-state index in [1.54, 1.807) is 23.1 Å². The highest BCUT2D eigenvalue weighted by Crippen LogP contribution is 2.37. The molecule has 47 heavy (non-hydrogen) atoms. The van der Waals surface area contributed by atoms with Gasteiger partial charge >= 0.3 is 0 Å². The van der Waals surface area contributed by atoms with Gasteiger partial charge in [0.25, 0.3) is 15.9 Å². The molecule has 1 aliphatic carbocycles. The van der Waals surface area contributed by atoms with Crippen LogP contribution in [0.15, 0.2) is 53.4 Å². The Labute approximate surface area is 281 Å². The molecule has 1 aromatic heterocycles. The molecule has 2 aromatic carbocycles. The number of fused-ring (bicyclic) bond motifs is 6. The molecule has 0 spiro atoms. The third kappa shape index (κ3) is 7.54. The summed E-state index contributed by atoms with van der Waals surface area (Å²) in [4.78, 5) is 27.3. The van der Waals surface area contributed by atoms with Crippen LogP contribution in [0.4, 0.5) is 14.7 Å². The lowest BCUT2D eigenvalue weighted by Gasteiger charge is -2.38. The Morgan fingerprint density at radius 2 is 1.70 bits per heavy atom. The van der Waals surface area contributed by atoms with Crippen LogP contribution in [0.2, 0.25) is 0 Å². The fraction of sp³-hybridized carbons (Fsp3) is 0.500. The van der Waals surface area contributed by atoms with E-state index in [2.05, 4.69) is 33.4 Å². The number of hydrogen-bond acceptors (Lipinski definition) is 7. The van der Waals surface area contributed by atoms with Gasteiger partial charge in [-0.25, -0.2) is 26.9 Å². The maximum Gasteiger partial charge on any atom is 0.264 e. The smallest absolute Gasteiger partial charge is 0.264 e. The minimum Gasteiger partial charge on any atom is -0.471 e. The number of sulfonamides is 1. The maximum atomic E-state index is 14.3. The highest BCUT2D eigenvalue weighted by Gasteiger charge is 2.42. The second-order valence-corrected chi connectivity index (χ2v) is 14.9. The summed E-state index contributed by atoms with van der Waals surface area (Å²) in [7, 11) is -4.17. The summed E-state index contributed by atoms with van der Waals surface area (Å²) < 4.78 is 64.8. The van der Waals surface area contributed by atoms with Crippen LogP contribution < -0.4 is 9.46 Å². The number of alkyl halides is 2. The number of nitrogens with zero attached hydrogens (tertiary/aromatic N) is 4. The topological polar surface area (TPSA) is 105 Å². The number of rotatable bonds is 4. The van der Waals surface area contributed by atoms with E-state index in [1.165, 1.54) is 12.1 Å². The predicted molar refractivity (Wildman–Crippen MR) is 179 cm³/mol. The normalized spacial score (nSPS) is 22.9. The Balaban J connectivity index is 0.00000433. The van der Waals surface area contributed by atoms with Crippen LogP contribution in [0.3, 0.4) is 0 Å². The highest BCUT2D eigenvalue weighted by molar-refractivity contribution is 7.92. The molecule has 0 radical (unpaired) electrons. The Kier molecular flexibility index (Phi) is 10.1. The quantitative estimate of drug-likeness (QED) is 0.334. The number of aromatic nitrogens is 2. The summed E-state index contributed by atoms with van der Waals surface area (Å²) in [6.45, 7) is 9.32. The van der Waals surface area contributed by atoms with E-state index >= 15 is 0 Å². The Bertz CT molecular complexity index is 1710. The molecule has 254 valence electrons. The minimum absolute atomic E-state index is 0. The van der Waals surface area contributed by atoms with Crippen LogP contribution >= 0.6 is 12.4 Å². The molecule has 1 saturated heterocycles. The van der Waals surface area contributed by atoms with Gasteiger partial charge in [0, 0.05) is 55.7 Å². The standard InChI is InChI=1S/C34H41F2N5O4S.ClH/c1-21(2)17-28-29-20-40(25-11-13-34(35,36)14-12-25)15-16-41(28)32(42)24-9-6-10-26(18-24)46(43,44)39-33-37-27(19-30(38-33)45-29)31-22(3)7-5-8-23(31)4;/h5-10,18-19,21,25,28-29H,11-17,20H2,1-4H3,(H,37,38,39);1H/t28-,29+;/m1./s1. The van der Waals surface area contributed by atoms with E-state index < -0.39 is 28.1 Å². The Morgan fingerprint density at radius 3 is 2.38 bits per heavy atom. The van der Waals surface area contributed by atoms with Crippen molar-refractivity contribution in [3.8, 4) is 17.1 Å². The van der Waals surface area contributed by atoms with E-state index in [0.717, 1.165) is 16.7 Å². The van der Waals surface area contributed by atoms with Crippen LogP contribution in [0.5, 0.6) is 5.88 Å². The van der Waals surface area contributed by atoms with Crippen LogP contribution in [0.1, 0.15) is 67.4 Å². The number of benzene rings is 2. The van der Waals surface area contributed by atoms with Crippen molar-refractivity contribution in [3.63, 3.8) is 0 Å². The van der Waals surface area contributed by atoms with Crippen molar-refractivity contribution in [2.45, 2.75) is 88.8 Å². The fourth-order valence-corrected chi connectivity index (χ4v) is 8.06. The summed E-state index contributed by atoms with van der Waals surface area (Å²) in [5.74, 6) is -2.75. The number of halogens is 3. The summed E-state index contributed by atoms with van der Waals surface area (Å²) >= 11 is 0. The molecule has 3 aromatic rings. The molecule has 6 rings (SSSR count). The number of hydrogen-bond donors (Lipinski definition) is 1. The highest BCUT2D eigenvalue weighted by atomic mass is 35.5. The molecule has 2 fully saturated rings. The molecule has 13 heteroatoms. The number of nitrogens with one attached hydrogen (secondary N) is 1. The molecule has 9 nitrogen and oxygen atoms in total. The van der Waals surface area contributed by atoms with Crippen LogP contribution in [0, 0.1) is 19.8 Å². The fourth-order valence-electron chi connectivity index (χ4n) is 7.07. The first-order chi connectivity index (χ1) is 21.8. The van der Waals surface area contributed by atoms with Gasteiger partial charge in [-0.2, -0.15) is 4.98 Å². The van der Waals surface area contributed by atoms with E-state index in [-0.39, 0.29) is 65.4 Å². The second kappa shape index (κ2) is 13.6. The first-order valence-corrected chi connectivity index (χ1v) is 17.5. The second-order valence-electron chi connectivity index (χ2n) is 13.2. The first kappa shape index (κ1) is 35.0. The summed E-state index contributed by atoms with van der Waals surface area (Å²) in [6, 6.07) is 13.1. The van der Waals surface area contributed by atoms with E-state index in [0.29, 0.717) is 44.6 Å². The average Bonchev–Trinajstić information content (AvgIpc) is 3.15. The molecular formula is C34H42ClF2N5O4S.